The Kier molecular flexibility index (Phi) is 7.40. The van der Waals surface area contributed by atoms with Gasteiger partial charge in [0.15, 0.2) is 0 Å². The number of morpholine rings is 1. The van der Waals surface area contributed by atoms with Crippen LogP contribution in [-0.2, 0) is 30.8 Å². The summed E-state index contributed by atoms with van der Waals surface area (Å²) in [6, 6.07) is 6.18. The number of anilines is 1. The van der Waals surface area contributed by atoms with E-state index in [2.05, 4.69) is 20.8 Å². The maximum atomic E-state index is 12.7. The lowest BCUT2D eigenvalue weighted by Gasteiger charge is -2.26. The molecule has 32 heavy (non-hydrogen) atoms. The third-order valence-corrected chi connectivity index (χ3v) is 8.26. The van der Waals surface area contributed by atoms with E-state index in [1.807, 2.05) is 0 Å². The van der Waals surface area contributed by atoms with E-state index in [4.69, 9.17) is 9.47 Å². The Labute approximate surface area is 190 Å². The molecule has 174 valence electrons. The van der Waals surface area contributed by atoms with Gasteiger partial charge in [0.2, 0.25) is 21.1 Å². The summed E-state index contributed by atoms with van der Waals surface area (Å²) < 4.78 is 39.3. The highest BCUT2D eigenvalue weighted by Gasteiger charge is 2.26. The molecule has 11 nitrogen and oxygen atoms in total. The first-order valence-electron chi connectivity index (χ1n) is 10.5. The Morgan fingerprint density at radius 1 is 1.25 bits per heavy atom. The van der Waals surface area contributed by atoms with E-state index in [-0.39, 0.29) is 16.9 Å². The van der Waals surface area contributed by atoms with Gasteiger partial charge >= 0.3 is 0 Å². The minimum Gasteiger partial charge on any atom is -0.379 e. The fourth-order valence-corrected chi connectivity index (χ4v) is 5.68. The Hall–Kier alpha value is -2.06. The minimum absolute atomic E-state index is 0.0919. The monoisotopic (exact) mass is 482 g/mol. The second-order valence-corrected chi connectivity index (χ2v) is 10.8. The van der Waals surface area contributed by atoms with E-state index in [1.165, 1.54) is 28.2 Å². The maximum Gasteiger partial charge on any atom is 0.243 e. The highest BCUT2D eigenvalue weighted by Crippen LogP contribution is 2.24. The number of thioether (sulfide) groups is 1. The summed E-state index contributed by atoms with van der Waals surface area (Å²) in [5.74, 6) is -0.231. The number of nitrogens with one attached hydrogen (secondary N) is 1. The smallest absolute Gasteiger partial charge is 0.243 e. The molecule has 1 aromatic heterocycles. The molecule has 13 heteroatoms. The van der Waals surface area contributed by atoms with Crippen molar-refractivity contribution in [2.24, 2.45) is 0 Å². The number of hydrogen-bond acceptors (Lipinski definition) is 9. The maximum absolute atomic E-state index is 12.7. The number of carbonyl (C=O) groups is 1. The first-order valence-corrected chi connectivity index (χ1v) is 12.8. The number of nitrogens with zero attached hydrogens (tertiary/aromatic N) is 5. The van der Waals surface area contributed by atoms with E-state index < -0.39 is 15.3 Å². The third kappa shape index (κ3) is 5.46. The molecule has 0 bridgehead atoms. The number of ether oxygens (including phenoxy) is 2. The summed E-state index contributed by atoms with van der Waals surface area (Å²) in [7, 11) is -3.57. The summed E-state index contributed by atoms with van der Waals surface area (Å²) in [6.07, 6.45) is 2.09. The van der Waals surface area contributed by atoms with Gasteiger partial charge in [0, 0.05) is 25.4 Å². The van der Waals surface area contributed by atoms with Crippen molar-refractivity contribution < 1.29 is 22.7 Å². The highest BCUT2D eigenvalue weighted by molar-refractivity contribution is 8.00. The van der Waals surface area contributed by atoms with Crippen molar-refractivity contribution in [1.29, 1.82) is 0 Å². The molecular formula is C19H26N6O5S2. The molecular weight excluding hydrogens is 456 g/mol. The average molecular weight is 483 g/mol. The van der Waals surface area contributed by atoms with Gasteiger partial charge in [-0.15, -0.1) is 5.10 Å². The zero-order chi connectivity index (χ0) is 22.6. The molecule has 1 amide bonds. The van der Waals surface area contributed by atoms with Crippen LogP contribution in [0.5, 0.6) is 0 Å². The lowest BCUT2D eigenvalue weighted by atomic mass is 10.2. The molecule has 2 atom stereocenters. The molecule has 1 N–H and O–H groups in total. The van der Waals surface area contributed by atoms with Crippen LogP contribution in [0.15, 0.2) is 34.3 Å². The number of benzene rings is 1. The van der Waals surface area contributed by atoms with Gasteiger partial charge in [-0.3, -0.25) is 4.79 Å². The van der Waals surface area contributed by atoms with Crippen LogP contribution < -0.4 is 5.32 Å². The quantitative estimate of drug-likeness (QED) is 0.548. The van der Waals surface area contributed by atoms with Gasteiger partial charge in [0.1, 0.15) is 0 Å². The SMILES string of the molecule is C[C@H](Sc1nnnn1C[C@H]1CCCO1)C(=O)Nc1ccc(S(=O)(=O)N2CCOCC2)cc1. The van der Waals surface area contributed by atoms with Crippen molar-refractivity contribution >= 4 is 33.4 Å². The molecule has 4 rings (SSSR count). The number of tetrazole rings is 1. The largest absolute Gasteiger partial charge is 0.379 e. The lowest BCUT2D eigenvalue weighted by molar-refractivity contribution is -0.115. The summed E-state index contributed by atoms with van der Waals surface area (Å²) in [6.45, 7) is 4.52. The minimum atomic E-state index is -3.57. The average Bonchev–Trinajstić information content (AvgIpc) is 3.47. The first-order chi connectivity index (χ1) is 15.4. The van der Waals surface area contributed by atoms with Gasteiger partial charge in [-0.1, -0.05) is 11.8 Å². The summed E-state index contributed by atoms with van der Waals surface area (Å²) in [4.78, 5) is 12.8. The topological polar surface area (TPSA) is 129 Å². The Bertz CT molecular complexity index is 1020. The zero-order valence-electron chi connectivity index (χ0n) is 17.7. The van der Waals surface area contributed by atoms with Gasteiger partial charge in [0.25, 0.3) is 0 Å². The molecule has 2 saturated heterocycles. The number of amides is 1. The van der Waals surface area contributed by atoms with Gasteiger partial charge in [0.05, 0.1) is 36.0 Å². The fourth-order valence-electron chi connectivity index (χ4n) is 3.48. The number of carbonyl (C=O) groups excluding carboxylic acids is 1. The van der Waals surface area contributed by atoms with E-state index in [0.29, 0.717) is 43.7 Å². The van der Waals surface area contributed by atoms with Crippen LogP contribution in [0.3, 0.4) is 0 Å². The van der Waals surface area contributed by atoms with Gasteiger partial charge in [-0.25, -0.2) is 13.1 Å². The highest BCUT2D eigenvalue weighted by atomic mass is 32.2. The van der Waals surface area contributed by atoms with E-state index in [0.717, 1.165) is 19.4 Å². The lowest BCUT2D eigenvalue weighted by Crippen LogP contribution is -2.40. The molecule has 0 radical (unpaired) electrons. The number of rotatable bonds is 8. The molecule has 0 unspecified atom stereocenters. The van der Waals surface area contributed by atoms with Crippen molar-refractivity contribution in [1.82, 2.24) is 24.5 Å². The van der Waals surface area contributed by atoms with Crippen molar-refractivity contribution in [3.63, 3.8) is 0 Å². The van der Waals surface area contributed by atoms with Crippen molar-refractivity contribution in [2.75, 3.05) is 38.2 Å². The first kappa shape index (κ1) is 23.1. The second kappa shape index (κ2) is 10.3. The van der Waals surface area contributed by atoms with E-state index in [9.17, 15) is 13.2 Å². The Balaban J connectivity index is 1.34. The summed E-state index contributed by atoms with van der Waals surface area (Å²) in [5.41, 5.74) is 0.516. The molecule has 2 aliphatic rings. The molecule has 2 aromatic rings. The number of sulfonamides is 1. The summed E-state index contributed by atoms with van der Waals surface area (Å²) in [5, 5.41) is 14.6. The van der Waals surface area contributed by atoms with Crippen LogP contribution in [0.4, 0.5) is 5.69 Å². The number of hydrogen-bond donors (Lipinski definition) is 1. The predicted octanol–water partition coefficient (Wildman–Crippen LogP) is 0.992. The van der Waals surface area contributed by atoms with Crippen molar-refractivity contribution in [3.05, 3.63) is 24.3 Å². The van der Waals surface area contributed by atoms with E-state index in [1.54, 1.807) is 23.7 Å². The second-order valence-electron chi connectivity index (χ2n) is 7.57. The molecule has 2 fully saturated rings. The molecule has 2 aliphatic heterocycles. The zero-order valence-corrected chi connectivity index (χ0v) is 19.3. The van der Waals surface area contributed by atoms with Crippen LogP contribution in [0.25, 0.3) is 0 Å². The normalized spacial score (nSPS) is 20.8. The van der Waals surface area contributed by atoms with Gasteiger partial charge < -0.3 is 14.8 Å². The molecule has 0 spiro atoms. The van der Waals surface area contributed by atoms with Crippen LogP contribution in [0.1, 0.15) is 19.8 Å². The van der Waals surface area contributed by atoms with Crippen LogP contribution in [-0.4, -0.2) is 83.1 Å². The fraction of sp³-hybridized carbons (Fsp3) is 0.579. The van der Waals surface area contributed by atoms with Crippen LogP contribution in [0, 0.1) is 0 Å². The molecule has 0 saturated carbocycles. The van der Waals surface area contributed by atoms with Gasteiger partial charge in [-0.2, -0.15) is 4.31 Å². The van der Waals surface area contributed by atoms with Crippen molar-refractivity contribution in [3.8, 4) is 0 Å². The standard InChI is InChI=1S/C19H26N6O5S2/c1-14(31-19-21-22-23-25(19)13-16-3-2-10-30-16)18(26)20-15-4-6-17(7-5-15)32(27,28)24-8-11-29-12-9-24/h4-7,14,16H,2-3,8-13H2,1H3,(H,20,26)/t14-,16+/m0/s1. The van der Waals surface area contributed by atoms with Gasteiger partial charge in [-0.05, 0) is 54.5 Å². The van der Waals surface area contributed by atoms with Crippen LogP contribution >= 0.6 is 11.8 Å². The Morgan fingerprint density at radius 2 is 2.00 bits per heavy atom. The predicted molar refractivity (Wildman–Crippen MR) is 117 cm³/mol. The summed E-state index contributed by atoms with van der Waals surface area (Å²) >= 11 is 1.26. The molecule has 0 aliphatic carbocycles. The van der Waals surface area contributed by atoms with E-state index >= 15 is 0 Å². The van der Waals surface area contributed by atoms with Crippen LogP contribution in [0.2, 0.25) is 0 Å². The molecule has 3 heterocycles. The number of aromatic nitrogens is 4. The third-order valence-electron chi connectivity index (χ3n) is 5.28. The molecule has 1 aromatic carbocycles. The Morgan fingerprint density at radius 3 is 2.69 bits per heavy atom. The van der Waals surface area contributed by atoms with Crippen molar-refractivity contribution in [2.45, 2.75) is 47.7 Å².